The summed E-state index contributed by atoms with van der Waals surface area (Å²) < 4.78 is 5.40. The Kier molecular flexibility index (Phi) is 5.96. The average molecular weight is 431 g/mol. The highest BCUT2D eigenvalue weighted by Crippen LogP contribution is 2.31. The Balaban J connectivity index is 1.45. The summed E-state index contributed by atoms with van der Waals surface area (Å²) in [5.41, 5.74) is 1.90. The zero-order valence-corrected chi connectivity index (χ0v) is 18.3. The number of aromatic nitrogens is 3. The molecule has 10 heteroatoms. The van der Waals surface area contributed by atoms with Crippen LogP contribution in [-0.2, 0) is 4.74 Å². The van der Waals surface area contributed by atoms with Crippen molar-refractivity contribution in [3.05, 3.63) is 33.8 Å². The number of thiazole rings is 1. The maximum atomic E-state index is 13.1. The van der Waals surface area contributed by atoms with Crippen LogP contribution in [0.1, 0.15) is 49.6 Å². The largest absolute Gasteiger partial charge is 0.378 e. The predicted molar refractivity (Wildman–Crippen MR) is 113 cm³/mol. The van der Waals surface area contributed by atoms with Crippen molar-refractivity contribution in [2.75, 3.05) is 51.3 Å². The number of aryl methyl sites for hydroxylation is 2. The van der Waals surface area contributed by atoms with E-state index in [0.717, 1.165) is 30.3 Å². The molecule has 2 saturated heterocycles. The van der Waals surface area contributed by atoms with Crippen molar-refractivity contribution in [2.45, 2.75) is 26.2 Å². The van der Waals surface area contributed by atoms with Gasteiger partial charge in [-0.15, -0.1) is 0 Å². The molecule has 0 aromatic carbocycles. The molecule has 0 saturated carbocycles. The Morgan fingerprint density at radius 2 is 1.93 bits per heavy atom. The Morgan fingerprint density at radius 3 is 2.63 bits per heavy atom. The Morgan fingerprint density at radius 1 is 1.17 bits per heavy atom. The molecule has 0 spiro atoms. The topological polar surface area (TPSA) is 101 Å². The van der Waals surface area contributed by atoms with E-state index in [1.165, 1.54) is 11.3 Å². The lowest BCUT2D eigenvalue weighted by Gasteiger charge is -2.26. The molecule has 4 heterocycles. The highest BCUT2D eigenvalue weighted by molar-refractivity contribution is 7.17. The highest BCUT2D eigenvalue weighted by atomic mass is 32.1. The van der Waals surface area contributed by atoms with Gasteiger partial charge in [0.15, 0.2) is 5.13 Å². The summed E-state index contributed by atoms with van der Waals surface area (Å²) in [6, 6.07) is 0. The Hall–Kier alpha value is -2.59. The van der Waals surface area contributed by atoms with E-state index in [1.807, 2.05) is 18.7 Å². The summed E-state index contributed by atoms with van der Waals surface area (Å²) in [5, 5.41) is 3.48. The number of anilines is 1. The molecule has 2 aliphatic rings. The van der Waals surface area contributed by atoms with E-state index < -0.39 is 0 Å². The van der Waals surface area contributed by atoms with Gasteiger partial charge in [0.1, 0.15) is 10.7 Å². The van der Waals surface area contributed by atoms with E-state index in [2.05, 4.69) is 25.2 Å². The summed E-state index contributed by atoms with van der Waals surface area (Å²) >= 11 is 1.46. The molecule has 2 amide bonds. The molecule has 0 aliphatic carbocycles. The number of likely N-dealkylation sites (tertiary alicyclic amines) is 1. The third-order valence-corrected chi connectivity index (χ3v) is 6.78. The van der Waals surface area contributed by atoms with Crippen LogP contribution in [0.3, 0.4) is 0 Å². The maximum absolute atomic E-state index is 13.1. The SMILES string of the molecule is CNC(=O)c1cnc([C@@H]2CCN(C(=O)c3sc(N4CCOCC4)nc3C)C2)nc1C. The van der Waals surface area contributed by atoms with Gasteiger partial charge >= 0.3 is 0 Å². The van der Waals surface area contributed by atoms with Gasteiger partial charge in [0, 0.05) is 45.3 Å². The number of carbonyl (C=O) groups excluding carboxylic acids is 2. The average Bonchev–Trinajstić information content (AvgIpc) is 3.40. The second-order valence-corrected chi connectivity index (χ2v) is 8.53. The van der Waals surface area contributed by atoms with Gasteiger partial charge in [-0.3, -0.25) is 9.59 Å². The van der Waals surface area contributed by atoms with Crippen molar-refractivity contribution >= 4 is 28.3 Å². The predicted octanol–water partition coefficient (Wildman–Crippen LogP) is 1.38. The molecular formula is C20H26N6O3S. The number of morpholine rings is 1. The van der Waals surface area contributed by atoms with Gasteiger partial charge in [-0.25, -0.2) is 15.0 Å². The molecular weight excluding hydrogens is 404 g/mol. The number of ether oxygens (including phenoxy) is 1. The van der Waals surface area contributed by atoms with E-state index in [0.29, 0.717) is 48.3 Å². The summed E-state index contributed by atoms with van der Waals surface area (Å²) in [6.45, 7) is 7.91. The minimum absolute atomic E-state index is 0.0192. The van der Waals surface area contributed by atoms with Crippen molar-refractivity contribution in [2.24, 2.45) is 0 Å². The molecule has 160 valence electrons. The zero-order valence-electron chi connectivity index (χ0n) is 17.5. The minimum atomic E-state index is -0.195. The van der Waals surface area contributed by atoms with Crippen molar-refractivity contribution in [3.63, 3.8) is 0 Å². The van der Waals surface area contributed by atoms with Crippen LogP contribution in [0.15, 0.2) is 6.20 Å². The van der Waals surface area contributed by atoms with Crippen LogP contribution >= 0.6 is 11.3 Å². The van der Waals surface area contributed by atoms with Gasteiger partial charge in [-0.05, 0) is 20.3 Å². The van der Waals surface area contributed by atoms with Gasteiger partial charge in [0.05, 0.1) is 30.2 Å². The molecule has 1 N–H and O–H groups in total. The first-order chi connectivity index (χ1) is 14.5. The van der Waals surface area contributed by atoms with Gasteiger partial charge < -0.3 is 19.9 Å². The maximum Gasteiger partial charge on any atom is 0.265 e. The number of amides is 2. The van der Waals surface area contributed by atoms with Crippen LogP contribution in [0.4, 0.5) is 5.13 Å². The second-order valence-electron chi connectivity index (χ2n) is 7.55. The third kappa shape index (κ3) is 4.01. The van der Waals surface area contributed by atoms with Gasteiger partial charge in [0.2, 0.25) is 0 Å². The summed E-state index contributed by atoms with van der Waals surface area (Å²) in [7, 11) is 1.59. The first kappa shape index (κ1) is 20.7. The Labute approximate surface area is 179 Å². The zero-order chi connectivity index (χ0) is 21.3. The summed E-state index contributed by atoms with van der Waals surface area (Å²) in [4.78, 5) is 43.3. The van der Waals surface area contributed by atoms with Crippen molar-refractivity contribution in [1.29, 1.82) is 0 Å². The number of rotatable bonds is 4. The van der Waals surface area contributed by atoms with E-state index in [4.69, 9.17) is 4.74 Å². The molecule has 0 unspecified atom stereocenters. The smallest absolute Gasteiger partial charge is 0.265 e. The molecule has 0 radical (unpaired) electrons. The van der Waals surface area contributed by atoms with E-state index in [9.17, 15) is 9.59 Å². The molecule has 4 rings (SSSR count). The Bertz CT molecular complexity index is 956. The number of nitrogens with zero attached hydrogens (tertiary/aromatic N) is 5. The van der Waals surface area contributed by atoms with Crippen LogP contribution in [0, 0.1) is 13.8 Å². The summed E-state index contributed by atoms with van der Waals surface area (Å²) in [5.74, 6) is 0.577. The number of hydrogen-bond donors (Lipinski definition) is 1. The van der Waals surface area contributed by atoms with Crippen molar-refractivity contribution < 1.29 is 14.3 Å². The number of hydrogen-bond acceptors (Lipinski definition) is 8. The minimum Gasteiger partial charge on any atom is -0.378 e. The van der Waals surface area contributed by atoms with Gasteiger partial charge in [0.25, 0.3) is 11.8 Å². The van der Waals surface area contributed by atoms with Crippen molar-refractivity contribution in [1.82, 2.24) is 25.2 Å². The molecule has 2 aromatic heterocycles. The van der Waals surface area contributed by atoms with Gasteiger partial charge in [-0.2, -0.15) is 0 Å². The highest BCUT2D eigenvalue weighted by Gasteiger charge is 2.32. The number of carbonyl (C=O) groups is 2. The first-order valence-corrected chi connectivity index (χ1v) is 10.9. The molecule has 2 aliphatic heterocycles. The fourth-order valence-corrected chi connectivity index (χ4v) is 4.90. The molecule has 1 atom stereocenters. The van der Waals surface area contributed by atoms with Gasteiger partial charge in [-0.1, -0.05) is 11.3 Å². The van der Waals surface area contributed by atoms with E-state index in [1.54, 1.807) is 13.2 Å². The van der Waals surface area contributed by atoms with Crippen LogP contribution in [0.25, 0.3) is 0 Å². The lowest BCUT2D eigenvalue weighted by molar-refractivity contribution is 0.0794. The van der Waals surface area contributed by atoms with Crippen LogP contribution in [0.2, 0.25) is 0 Å². The monoisotopic (exact) mass is 430 g/mol. The van der Waals surface area contributed by atoms with E-state index in [-0.39, 0.29) is 17.7 Å². The molecule has 2 fully saturated rings. The van der Waals surface area contributed by atoms with Crippen LogP contribution in [0.5, 0.6) is 0 Å². The van der Waals surface area contributed by atoms with Crippen LogP contribution in [-0.4, -0.2) is 78.1 Å². The molecule has 2 aromatic rings. The van der Waals surface area contributed by atoms with Crippen LogP contribution < -0.4 is 10.2 Å². The standard InChI is InChI=1S/C20H26N6O3S/c1-12-15(18(27)21-3)10-22-17(23-12)14-4-5-26(11-14)19(28)16-13(2)24-20(30-16)25-6-8-29-9-7-25/h10,14H,4-9,11H2,1-3H3,(H,21,27)/t14-/m1/s1. The fourth-order valence-electron chi connectivity index (χ4n) is 3.81. The first-order valence-electron chi connectivity index (χ1n) is 10.1. The fraction of sp³-hybridized carbons (Fsp3) is 0.550. The molecule has 30 heavy (non-hydrogen) atoms. The molecule has 0 bridgehead atoms. The summed E-state index contributed by atoms with van der Waals surface area (Å²) in [6.07, 6.45) is 2.38. The van der Waals surface area contributed by atoms with E-state index >= 15 is 0 Å². The lowest BCUT2D eigenvalue weighted by atomic mass is 10.1. The molecule has 9 nitrogen and oxygen atoms in total. The number of nitrogens with one attached hydrogen (secondary N) is 1. The normalized spacial score (nSPS) is 19.2. The lowest BCUT2D eigenvalue weighted by Crippen LogP contribution is -2.36. The quantitative estimate of drug-likeness (QED) is 0.782. The second kappa shape index (κ2) is 8.65. The third-order valence-electron chi connectivity index (χ3n) is 5.57. The van der Waals surface area contributed by atoms with Crippen molar-refractivity contribution in [3.8, 4) is 0 Å².